The van der Waals surface area contributed by atoms with E-state index in [-0.39, 0.29) is 5.92 Å². The van der Waals surface area contributed by atoms with Gasteiger partial charge in [0.2, 0.25) is 12.7 Å². The number of benzene rings is 1. The molecule has 1 aromatic carbocycles. The molecule has 1 heterocycles. The molecule has 2 aliphatic carbocycles. The Bertz CT molecular complexity index is 571. The van der Waals surface area contributed by atoms with E-state index < -0.39 is 0 Å². The zero-order chi connectivity index (χ0) is 14.4. The van der Waals surface area contributed by atoms with Crippen LogP contribution in [0.15, 0.2) is 18.2 Å². The second-order valence-corrected chi connectivity index (χ2v) is 6.66. The van der Waals surface area contributed by atoms with Crippen LogP contribution in [0.25, 0.3) is 0 Å². The van der Waals surface area contributed by atoms with Gasteiger partial charge in [-0.05, 0) is 48.8 Å². The molecule has 2 saturated carbocycles. The topological polar surface area (TPSA) is 38.8 Å². The lowest BCUT2D eigenvalue weighted by Gasteiger charge is -2.26. The molecule has 0 N–H and O–H groups in total. The summed E-state index contributed by atoms with van der Waals surface area (Å²) in [4.78, 5) is 14.5. The van der Waals surface area contributed by atoms with E-state index in [2.05, 4.69) is 0 Å². The number of nitrogens with zero attached hydrogens (tertiary/aromatic N) is 1. The van der Waals surface area contributed by atoms with E-state index in [1.54, 1.807) is 0 Å². The molecular formula is C17H21NO3. The Kier molecular flexibility index (Phi) is 3.05. The number of rotatable bonds is 3. The van der Waals surface area contributed by atoms with Gasteiger partial charge in [0.05, 0.1) is 0 Å². The van der Waals surface area contributed by atoms with Crippen LogP contribution in [0.1, 0.15) is 31.2 Å². The average molecular weight is 287 g/mol. The summed E-state index contributed by atoms with van der Waals surface area (Å²) in [5, 5.41) is 0. The summed E-state index contributed by atoms with van der Waals surface area (Å²) >= 11 is 0. The van der Waals surface area contributed by atoms with Gasteiger partial charge in [-0.1, -0.05) is 12.5 Å². The molecule has 2 bridgehead atoms. The van der Waals surface area contributed by atoms with E-state index in [0.717, 1.165) is 29.4 Å². The van der Waals surface area contributed by atoms with Gasteiger partial charge in [-0.2, -0.15) is 0 Å². The predicted molar refractivity (Wildman–Crippen MR) is 78.0 cm³/mol. The van der Waals surface area contributed by atoms with Gasteiger partial charge in [0, 0.05) is 19.5 Å². The number of ether oxygens (including phenoxy) is 2. The fourth-order valence-corrected chi connectivity index (χ4v) is 4.22. The van der Waals surface area contributed by atoms with Gasteiger partial charge in [0.1, 0.15) is 0 Å². The fraction of sp³-hybridized carbons (Fsp3) is 0.588. The van der Waals surface area contributed by atoms with Crippen LogP contribution >= 0.6 is 0 Å². The molecule has 4 heteroatoms. The molecule has 0 aromatic heterocycles. The van der Waals surface area contributed by atoms with Crippen LogP contribution in [-0.4, -0.2) is 24.6 Å². The van der Waals surface area contributed by atoms with Crippen molar-refractivity contribution in [2.24, 2.45) is 17.8 Å². The minimum Gasteiger partial charge on any atom is -0.454 e. The van der Waals surface area contributed by atoms with Crippen molar-refractivity contribution in [2.75, 3.05) is 13.8 Å². The third kappa shape index (κ3) is 2.27. The molecular weight excluding hydrogens is 266 g/mol. The quantitative estimate of drug-likeness (QED) is 0.858. The SMILES string of the molecule is CN(Cc1ccc2c(c1)OCO2)C(=O)C1CC2CCC1C2. The minimum absolute atomic E-state index is 0.266. The van der Waals surface area contributed by atoms with Crippen LogP contribution in [0.2, 0.25) is 0 Å². The van der Waals surface area contributed by atoms with Gasteiger partial charge in [-0.25, -0.2) is 0 Å². The van der Waals surface area contributed by atoms with Crippen molar-refractivity contribution in [2.45, 2.75) is 32.2 Å². The van der Waals surface area contributed by atoms with Gasteiger partial charge in [0.25, 0.3) is 0 Å². The average Bonchev–Trinajstić information content (AvgIpc) is 3.21. The first kappa shape index (κ1) is 13.0. The Morgan fingerprint density at radius 3 is 2.86 bits per heavy atom. The van der Waals surface area contributed by atoms with Crippen molar-refractivity contribution in [3.05, 3.63) is 23.8 Å². The predicted octanol–water partition coefficient (Wildman–Crippen LogP) is 2.81. The summed E-state index contributed by atoms with van der Waals surface area (Å²) < 4.78 is 10.7. The lowest BCUT2D eigenvalue weighted by molar-refractivity contribution is -0.136. The summed E-state index contributed by atoms with van der Waals surface area (Å²) in [6.07, 6.45) is 4.96. The van der Waals surface area contributed by atoms with Gasteiger partial charge in [0.15, 0.2) is 11.5 Å². The highest BCUT2D eigenvalue weighted by atomic mass is 16.7. The molecule has 112 valence electrons. The number of fused-ring (bicyclic) bond motifs is 3. The van der Waals surface area contributed by atoms with Gasteiger partial charge >= 0.3 is 0 Å². The van der Waals surface area contributed by atoms with Gasteiger partial charge in [-0.15, -0.1) is 0 Å². The van der Waals surface area contributed by atoms with E-state index in [1.165, 1.54) is 19.3 Å². The van der Waals surface area contributed by atoms with Crippen molar-refractivity contribution < 1.29 is 14.3 Å². The minimum atomic E-state index is 0.266. The van der Waals surface area contributed by atoms with E-state index >= 15 is 0 Å². The molecule has 1 amide bonds. The Morgan fingerprint density at radius 1 is 1.24 bits per heavy atom. The zero-order valence-corrected chi connectivity index (χ0v) is 12.4. The van der Waals surface area contributed by atoms with Crippen LogP contribution < -0.4 is 9.47 Å². The van der Waals surface area contributed by atoms with Crippen molar-refractivity contribution in [3.63, 3.8) is 0 Å². The Morgan fingerprint density at radius 2 is 2.10 bits per heavy atom. The lowest BCUT2D eigenvalue weighted by atomic mass is 9.88. The first-order valence-corrected chi connectivity index (χ1v) is 7.84. The van der Waals surface area contributed by atoms with Crippen LogP contribution in [0.4, 0.5) is 0 Å². The first-order chi connectivity index (χ1) is 10.2. The normalized spacial score (nSPS) is 28.9. The molecule has 0 saturated heterocycles. The molecule has 21 heavy (non-hydrogen) atoms. The summed E-state index contributed by atoms with van der Waals surface area (Å²) in [6, 6.07) is 5.92. The second kappa shape index (κ2) is 4.93. The Balaban J connectivity index is 1.43. The highest BCUT2D eigenvalue weighted by Gasteiger charge is 2.43. The number of hydrogen-bond donors (Lipinski definition) is 0. The van der Waals surface area contributed by atoms with E-state index in [1.807, 2.05) is 30.1 Å². The smallest absolute Gasteiger partial charge is 0.231 e. The number of hydrogen-bond acceptors (Lipinski definition) is 3. The van der Waals surface area contributed by atoms with E-state index in [9.17, 15) is 4.79 Å². The Hall–Kier alpha value is -1.71. The van der Waals surface area contributed by atoms with Gasteiger partial charge in [-0.3, -0.25) is 4.79 Å². The van der Waals surface area contributed by atoms with E-state index in [4.69, 9.17) is 9.47 Å². The molecule has 2 fully saturated rings. The van der Waals surface area contributed by atoms with Crippen LogP contribution in [0.5, 0.6) is 11.5 Å². The molecule has 4 nitrogen and oxygen atoms in total. The monoisotopic (exact) mass is 287 g/mol. The van der Waals surface area contributed by atoms with Crippen LogP contribution in [0, 0.1) is 17.8 Å². The van der Waals surface area contributed by atoms with E-state index in [0.29, 0.717) is 25.2 Å². The summed E-state index contributed by atoms with van der Waals surface area (Å²) in [5.41, 5.74) is 1.10. The standard InChI is InChI=1S/C17H21NO3/c1-18(17(19)14-7-11-2-4-13(14)6-11)9-12-3-5-15-16(8-12)21-10-20-15/h3,5,8,11,13-14H,2,4,6-7,9-10H2,1H3. The number of carbonyl (C=O) groups is 1. The third-order valence-electron chi connectivity index (χ3n) is 5.29. The molecule has 3 aliphatic rings. The first-order valence-electron chi connectivity index (χ1n) is 7.84. The van der Waals surface area contributed by atoms with Crippen LogP contribution in [0.3, 0.4) is 0 Å². The van der Waals surface area contributed by atoms with Crippen molar-refractivity contribution in [1.82, 2.24) is 4.90 Å². The van der Waals surface area contributed by atoms with Crippen LogP contribution in [-0.2, 0) is 11.3 Å². The number of carbonyl (C=O) groups excluding carboxylic acids is 1. The fourth-order valence-electron chi connectivity index (χ4n) is 4.22. The second-order valence-electron chi connectivity index (χ2n) is 6.66. The summed E-state index contributed by atoms with van der Waals surface area (Å²) in [6.45, 7) is 0.933. The van der Waals surface area contributed by atoms with Crippen molar-refractivity contribution in [3.8, 4) is 11.5 Å². The highest BCUT2D eigenvalue weighted by Crippen LogP contribution is 2.48. The molecule has 3 atom stereocenters. The molecule has 1 aromatic rings. The molecule has 3 unspecified atom stereocenters. The highest BCUT2D eigenvalue weighted by molar-refractivity contribution is 5.79. The van der Waals surface area contributed by atoms with Crippen molar-refractivity contribution in [1.29, 1.82) is 0 Å². The molecule has 0 radical (unpaired) electrons. The van der Waals surface area contributed by atoms with Crippen molar-refractivity contribution >= 4 is 5.91 Å². The molecule has 4 rings (SSSR count). The maximum absolute atomic E-state index is 12.6. The van der Waals surface area contributed by atoms with Gasteiger partial charge < -0.3 is 14.4 Å². The Labute approximate surface area is 125 Å². The summed E-state index contributed by atoms with van der Waals surface area (Å²) in [7, 11) is 1.92. The molecule has 0 spiro atoms. The third-order valence-corrected chi connectivity index (χ3v) is 5.29. The largest absolute Gasteiger partial charge is 0.454 e. The maximum Gasteiger partial charge on any atom is 0.231 e. The summed E-state index contributed by atoms with van der Waals surface area (Å²) in [5.74, 6) is 3.61. The molecule has 1 aliphatic heterocycles. The number of amides is 1. The lowest BCUT2D eigenvalue weighted by Crippen LogP contribution is -2.35. The maximum atomic E-state index is 12.6. The zero-order valence-electron chi connectivity index (χ0n) is 12.4.